The molecule has 0 radical (unpaired) electrons. The Kier molecular flexibility index (Phi) is 9.40. The van der Waals surface area contributed by atoms with Crippen LogP contribution in [0.4, 0.5) is 15.3 Å². The van der Waals surface area contributed by atoms with Gasteiger partial charge >= 0.3 is 12.1 Å². The van der Waals surface area contributed by atoms with E-state index in [1.54, 1.807) is 25.7 Å². The van der Waals surface area contributed by atoms with E-state index in [1.807, 2.05) is 48.5 Å². The van der Waals surface area contributed by atoms with Crippen LogP contribution in [0.1, 0.15) is 38.8 Å². The largest absolute Gasteiger partial charge is 0.444 e. The Balaban J connectivity index is 1.46. The lowest BCUT2D eigenvalue weighted by Gasteiger charge is -2.40. The molecule has 210 valence electrons. The third-order valence-corrected chi connectivity index (χ3v) is 7.46. The Labute approximate surface area is 242 Å². The highest BCUT2D eigenvalue weighted by Gasteiger charge is 2.37. The molecular formula is C28H34BrClN4O5. The van der Waals surface area contributed by atoms with Gasteiger partial charge in [-0.05, 0) is 56.7 Å². The van der Waals surface area contributed by atoms with Crippen molar-refractivity contribution in [1.29, 1.82) is 0 Å². The maximum absolute atomic E-state index is 13.6. The number of imide groups is 1. The van der Waals surface area contributed by atoms with Gasteiger partial charge in [0.1, 0.15) is 5.60 Å². The van der Waals surface area contributed by atoms with E-state index in [0.29, 0.717) is 31.3 Å². The summed E-state index contributed by atoms with van der Waals surface area (Å²) >= 11 is 9.57. The maximum Gasteiger partial charge on any atom is 0.408 e. The molecule has 2 aliphatic rings. The molecule has 0 spiro atoms. The third kappa shape index (κ3) is 7.86. The van der Waals surface area contributed by atoms with E-state index in [4.69, 9.17) is 21.1 Å². The topological polar surface area (TPSA) is 91.4 Å². The number of nitrogens with one attached hydrogen (secondary N) is 1. The van der Waals surface area contributed by atoms with Crippen molar-refractivity contribution in [3.63, 3.8) is 0 Å². The number of anilines is 1. The number of ether oxygens (including phenoxy) is 2. The highest BCUT2D eigenvalue weighted by molar-refractivity contribution is 9.10. The number of hydrogen-bond donors (Lipinski definition) is 1. The first-order valence-electron chi connectivity index (χ1n) is 13.0. The van der Waals surface area contributed by atoms with Gasteiger partial charge in [0.15, 0.2) is 0 Å². The average molecular weight is 622 g/mol. The van der Waals surface area contributed by atoms with Crippen molar-refractivity contribution in [3.05, 3.63) is 63.6 Å². The fourth-order valence-electron chi connectivity index (χ4n) is 4.66. The van der Waals surface area contributed by atoms with Gasteiger partial charge in [0.05, 0.1) is 31.8 Å². The fraction of sp³-hybridized carbons (Fsp3) is 0.464. The van der Waals surface area contributed by atoms with Crippen LogP contribution < -0.4 is 10.2 Å². The molecule has 4 amide bonds. The fourth-order valence-corrected chi connectivity index (χ4v) is 5.35. The zero-order valence-electron chi connectivity index (χ0n) is 22.4. The SMILES string of the molecule is CC(C)(C)OC(=O)NC(CN1C(=O)CCN(CC2CN(c3ccc(Cl)cc3)CCO2)C1=O)c1ccccc1Br. The average Bonchev–Trinajstić information content (AvgIpc) is 2.87. The van der Waals surface area contributed by atoms with Gasteiger partial charge in [-0.2, -0.15) is 0 Å². The molecule has 4 rings (SSSR count). The molecule has 2 saturated heterocycles. The summed E-state index contributed by atoms with van der Waals surface area (Å²) in [4.78, 5) is 44.2. The van der Waals surface area contributed by atoms with Crippen LogP contribution in [0.5, 0.6) is 0 Å². The van der Waals surface area contributed by atoms with Crippen LogP contribution in [0.2, 0.25) is 5.02 Å². The highest BCUT2D eigenvalue weighted by Crippen LogP contribution is 2.27. The number of amides is 4. The first kappa shape index (κ1) is 29.2. The van der Waals surface area contributed by atoms with E-state index in [-0.39, 0.29) is 25.0 Å². The van der Waals surface area contributed by atoms with Gasteiger partial charge in [-0.1, -0.05) is 45.7 Å². The molecule has 0 saturated carbocycles. The molecule has 9 nitrogen and oxygen atoms in total. The molecule has 2 aromatic rings. The summed E-state index contributed by atoms with van der Waals surface area (Å²) in [5.74, 6) is -0.286. The van der Waals surface area contributed by atoms with Gasteiger partial charge in [0.2, 0.25) is 5.91 Å². The lowest BCUT2D eigenvalue weighted by molar-refractivity contribution is -0.131. The lowest BCUT2D eigenvalue weighted by Crippen LogP contribution is -2.57. The predicted octanol–water partition coefficient (Wildman–Crippen LogP) is 5.23. The van der Waals surface area contributed by atoms with Crippen molar-refractivity contribution < 1.29 is 23.9 Å². The molecule has 2 atom stereocenters. The van der Waals surface area contributed by atoms with Crippen molar-refractivity contribution in [2.75, 3.05) is 44.2 Å². The Bertz CT molecular complexity index is 1190. The number of benzene rings is 2. The third-order valence-electron chi connectivity index (χ3n) is 6.49. The molecule has 11 heteroatoms. The Morgan fingerprint density at radius 3 is 2.56 bits per heavy atom. The number of nitrogens with zero attached hydrogens (tertiary/aromatic N) is 3. The van der Waals surface area contributed by atoms with E-state index >= 15 is 0 Å². The normalized spacial score (nSPS) is 19.2. The minimum atomic E-state index is -0.698. The maximum atomic E-state index is 13.6. The highest BCUT2D eigenvalue weighted by atomic mass is 79.9. The second-order valence-electron chi connectivity index (χ2n) is 10.6. The molecule has 0 aromatic heterocycles. The number of hydrogen-bond acceptors (Lipinski definition) is 6. The van der Waals surface area contributed by atoms with Gasteiger partial charge in [0, 0.05) is 41.2 Å². The minimum absolute atomic E-state index is 0.0293. The first-order chi connectivity index (χ1) is 18.5. The summed E-state index contributed by atoms with van der Waals surface area (Å²) in [6.45, 7) is 7.84. The smallest absolute Gasteiger partial charge is 0.408 e. The monoisotopic (exact) mass is 620 g/mol. The minimum Gasteiger partial charge on any atom is -0.444 e. The summed E-state index contributed by atoms with van der Waals surface area (Å²) < 4.78 is 12.2. The van der Waals surface area contributed by atoms with Gasteiger partial charge in [-0.3, -0.25) is 9.69 Å². The van der Waals surface area contributed by atoms with Crippen LogP contribution in [0.15, 0.2) is 53.0 Å². The van der Waals surface area contributed by atoms with E-state index in [9.17, 15) is 14.4 Å². The quantitative estimate of drug-likeness (QED) is 0.456. The van der Waals surface area contributed by atoms with Crippen molar-refractivity contribution in [2.45, 2.75) is 44.9 Å². The second-order valence-corrected chi connectivity index (χ2v) is 11.9. The molecule has 2 aliphatic heterocycles. The number of rotatable bonds is 7. The first-order valence-corrected chi connectivity index (χ1v) is 14.1. The standard InChI is InChI=1S/C28H34BrClN4O5/c1-28(2,3)39-26(36)31-24(22-6-4-5-7-23(22)29)18-34-25(35)12-13-33(27(34)37)17-21-16-32(14-15-38-21)20-10-8-19(30)9-11-20/h4-11,21,24H,12-18H2,1-3H3,(H,31,36). The lowest BCUT2D eigenvalue weighted by atomic mass is 10.1. The number of morpholine rings is 1. The summed E-state index contributed by atoms with van der Waals surface area (Å²) in [5, 5.41) is 3.52. The zero-order chi connectivity index (χ0) is 28.2. The van der Waals surface area contributed by atoms with E-state index < -0.39 is 23.8 Å². The van der Waals surface area contributed by atoms with Gasteiger partial charge in [-0.25, -0.2) is 9.59 Å². The summed E-state index contributed by atoms with van der Waals surface area (Å²) in [6, 6.07) is 13.9. The summed E-state index contributed by atoms with van der Waals surface area (Å²) in [7, 11) is 0. The molecule has 0 aliphatic carbocycles. The zero-order valence-corrected chi connectivity index (χ0v) is 24.7. The van der Waals surface area contributed by atoms with Crippen LogP contribution in [-0.2, 0) is 14.3 Å². The van der Waals surface area contributed by atoms with Crippen molar-refractivity contribution >= 4 is 51.2 Å². The predicted molar refractivity (Wildman–Crippen MR) is 153 cm³/mol. The second kappa shape index (κ2) is 12.6. The Morgan fingerprint density at radius 1 is 1.15 bits per heavy atom. The molecule has 2 fully saturated rings. The number of carbonyl (C=O) groups excluding carboxylic acids is 3. The van der Waals surface area contributed by atoms with Crippen LogP contribution in [0.25, 0.3) is 0 Å². The molecule has 0 bridgehead atoms. The van der Waals surface area contributed by atoms with E-state index in [0.717, 1.165) is 22.3 Å². The Morgan fingerprint density at radius 2 is 1.87 bits per heavy atom. The van der Waals surface area contributed by atoms with Gasteiger partial charge in [0.25, 0.3) is 0 Å². The molecule has 2 aromatic carbocycles. The number of halogens is 2. The van der Waals surface area contributed by atoms with Crippen molar-refractivity contribution in [2.24, 2.45) is 0 Å². The van der Waals surface area contributed by atoms with Crippen molar-refractivity contribution in [1.82, 2.24) is 15.1 Å². The number of alkyl carbamates (subject to hydrolysis) is 1. The van der Waals surface area contributed by atoms with E-state index in [1.165, 1.54) is 4.90 Å². The molecule has 1 N–H and O–H groups in total. The van der Waals surface area contributed by atoms with Gasteiger partial charge < -0.3 is 24.6 Å². The molecular weight excluding hydrogens is 588 g/mol. The van der Waals surface area contributed by atoms with Gasteiger partial charge in [-0.15, -0.1) is 0 Å². The number of carbonyl (C=O) groups is 3. The van der Waals surface area contributed by atoms with Crippen LogP contribution in [0.3, 0.4) is 0 Å². The molecule has 2 heterocycles. The number of urea groups is 1. The van der Waals surface area contributed by atoms with Crippen LogP contribution in [-0.4, -0.2) is 78.9 Å². The van der Waals surface area contributed by atoms with Crippen LogP contribution >= 0.6 is 27.5 Å². The molecule has 2 unspecified atom stereocenters. The Hall–Kier alpha value is -2.82. The summed E-state index contributed by atoms with van der Waals surface area (Å²) in [6.07, 6.45) is -0.656. The van der Waals surface area contributed by atoms with E-state index in [2.05, 4.69) is 26.1 Å². The van der Waals surface area contributed by atoms with Crippen molar-refractivity contribution in [3.8, 4) is 0 Å². The summed E-state index contributed by atoms with van der Waals surface area (Å²) in [5.41, 5.74) is 1.07. The van der Waals surface area contributed by atoms with Crippen LogP contribution in [0, 0.1) is 0 Å². The molecule has 39 heavy (non-hydrogen) atoms.